The molecule has 2 N–H and O–H groups in total. The zero-order valence-electron chi connectivity index (χ0n) is 9.16. The minimum absolute atomic E-state index is 0.117. The maximum absolute atomic E-state index is 12.0. The summed E-state index contributed by atoms with van der Waals surface area (Å²) >= 11 is 0. The van der Waals surface area contributed by atoms with E-state index in [1.807, 2.05) is 23.1 Å². The topological polar surface area (TPSA) is 46.3 Å². The Kier molecular flexibility index (Phi) is 2.39. The van der Waals surface area contributed by atoms with Gasteiger partial charge in [0.1, 0.15) is 0 Å². The second-order valence-corrected chi connectivity index (χ2v) is 4.06. The van der Waals surface area contributed by atoms with Crippen LogP contribution in [0, 0.1) is 0 Å². The molecule has 1 unspecified atom stereocenters. The highest BCUT2D eigenvalue weighted by Gasteiger charge is 2.30. The van der Waals surface area contributed by atoms with E-state index in [0.29, 0.717) is 6.54 Å². The van der Waals surface area contributed by atoms with Crippen molar-refractivity contribution in [2.45, 2.75) is 32.9 Å². The van der Waals surface area contributed by atoms with Crippen LogP contribution in [0.25, 0.3) is 0 Å². The molecule has 0 spiro atoms. The van der Waals surface area contributed by atoms with E-state index >= 15 is 0 Å². The van der Waals surface area contributed by atoms with E-state index in [1.165, 1.54) is 0 Å². The van der Waals surface area contributed by atoms with Crippen LogP contribution in [-0.2, 0) is 6.54 Å². The lowest BCUT2D eigenvalue weighted by Crippen LogP contribution is -2.32. The summed E-state index contributed by atoms with van der Waals surface area (Å²) in [5.74, 6) is 0.117. The molecule has 15 heavy (non-hydrogen) atoms. The van der Waals surface area contributed by atoms with E-state index < -0.39 is 0 Å². The molecule has 1 amide bonds. The third kappa shape index (κ3) is 1.48. The summed E-state index contributed by atoms with van der Waals surface area (Å²) < 4.78 is 0. The summed E-state index contributed by atoms with van der Waals surface area (Å²) in [7, 11) is 0. The fourth-order valence-corrected chi connectivity index (χ4v) is 1.95. The molecule has 1 heterocycles. The quantitative estimate of drug-likeness (QED) is 0.749. The Morgan fingerprint density at radius 2 is 2.27 bits per heavy atom. The number of anilines is 1. The van der Waals surface area contributed by atoms with E-state index in [-0.39, 0.29) is 11.9 Å². The number of carbonyl (C=O) groups excluding carboxylic acids is 1. The number of benzene rings is 1. The Morgan fingerprint density at radius 1 is 1.53 bits per heavy atom. The largest absolute Gasteiger partial charge is 0.398 e. The summed E-state index contributed by atoms with van der Waals surface area (Å²) in [6.07, 6.45) is 0.972. The number of amides is 1. The predicted molar refractivity (Wildman–Crippen MR) is 60.5 cm³/mol. The lowest BCUT2D eigenvalue weighted by Gasteiger charge is -2.22. The summed E-state index contributed by atoms with van der Waals surface area (Å²) in [6.45, 7) is 4.82. The average Bonchev–Trinajstić information content (AvgIpc) is 2.57. The van der Waals surface area contributed by atoms with Crippen LogP contribution in [0.3, 0.4) is 0 Å². The third-order valence-electron chi connectivity index (χ3n) is 3.15. The van der Waals surface area contributed by atoms with E-state index in [9.17, 15) is 4.79 Å². The number of hydrogen-bond acceptors (Lipinski definition) is 2. The molecule has 0 saturated carbocycles. The first-order valence-corrected chi connectivity index (χ1v) is 5.33. The molecule has 1 aliphatic heterocycles. The molecule has 3 nitrogen and oxygen atoms in total. The van der Waals surface area contributed by atoms with Gasteiger partial charge in [-0.05, 0) is 25.5 Å². The molecule has 0 aromatic heterocycles. The number of rotatable bonds is 2. The van der Waals surface area contributed by atoms with Gasteiger partial charge in [0.2, 0.25) is 0 Å². The van der Waals surface area contributed by atoms with Gasteiger partial charge in [-0.3, -0.25) is 4.79 Å². The van der Waals surface area contributed by atoms with Crippen LogP contribution in [0.2, 0.25) is 0 Å². The molecule has 2 rings (SSSR count). The fourth-order valence-electron chi connectivity index (χ4n) is 1.95. The minimum atomic E-state index is 0.117. The number of hydrogen-bond donors (Lipinski definition) is 1. The first-order chi connectivity index (χ1) is 7.15. The number of nitrogens with two attached hydrogens (primary N) is 1. The van der Waals surface area contributed by atoms with Gasteiger partial charge < -0.3 is 10.6 Å². The van der Waals surface area contributed by atoms with Crippen LogP contribution in [0.15, 0.2) is 18.2 Å². The van der Waals surface area contributed by atoms with Gasteiger partial charge in [-0.2, -0.15) is 0 Å². The molecule has 1 aliphatic rings. The Morgan fingerprint density at radius 3 is 2.87 bits per heavy atom. The van der Waals surface area contributed by atoms with Crippen molar-refractivity contribution in [3.8, 4) is 0 Å². The zero-order valence-corrected chi connectivity index (χ0v) is 9.16. The van der Waals surface area contributed by atoms with Crippen molar-refractivity contribution in [2.24, 2.45) is 0 Å². The smallest absolute Gasteiger partial charge is 0.254 e. The zero-order chi connectivity index (χ0) is 11.0. The molecule has 0 saturated heterocycles. The molecule has 0 bridgehead atoms. The average molecular weight is 204 g/mol. The molecule has 80 valence electrons. The minimum Gasteiger partial charge on any atom is -0.398 e. The molecule has 3 heteroatoms. The Labute approximate surface area is 89.9 Å². The number of nitrogens with zero attached hydrogens (tertiary/aromatic N) is 1. The van der Waals surface area contributed by atoms with Gasteiger partial charge in [0.15, 0.2) is 0 Å². The van der Waals surface area contributed by atoms with E-state index in [0.717, 1.165) is 23.2 Å². The van der Waals surface area contributed by atoms with Crippen molar-refractivity contribution < 1.29 is 4.79 Å². The van der Waals surface area contributed by atoms with Crippen molar-refractivity contribution in [1.82, 2.24) is 4.90 Å². The van der Waals surface area contributed by atoms with Crippen LogP contribution >= 0.6 is 0 Å². The molecular formula is C12H16N2O. The lowest BCUT2D eigenvalue weighted by atomic mass is 10.1. The first-order valence-electron chi connectivity index (χ1n) is 5.33. The Balaban J connectivity index is 2.37. The van der Waals surface area contributed by atoms with Crippen LogP contribution in [0.5, 0.6) is 0 Å². The van der Waals surface area contributed by atoms with Crippen LogP contribution < -0.4 is 5.73 Å². The van der Waals surface area contributed by atoms with Crippen LogP contribution in [0.4, 0.5) is 5.69 Å². The monoisotopic (exact) mass is 204 g/mol. The van der Waals surface area contributed by atoms with Gasteiger partial charge in [-0.25, -0.2) is 0 Å². The van der Waals surface area contributed by atoms with Gasteiger partial charge in [0, 0.05) is 29.4 Å². The number of carbonyl (C=O) groups is 1. The van der Waals surface area contributed by atoms with Gasteiger partial charge in [-0.1, -0.05) is 13.0 Å². The Bertz CT molecular complexity index is 401. The standard InChI is InChI=1S/C12H16N2O/c1-3-8(2)14-7-10-9(12(14)15)5-4-6-11(10)13/h4-6,8H,3,7,13H2,1-2H3. The first kappa shape index (κ1) is 10.0. The number of nitrogen functional groups attached to an aromatic ring is 1. The summed E-state index contributed by atoms with van der Waals surface area (Å²) in [6, 6.07) is 5.83. The highest BCUT2D eigenvalue weighted by Crippen LogP contribution is 2.29. The van der Waals surface area contributed by atoms with E-state index in [4.69, 9.17) is 5.73 Å². The lowest BCUT2D eigenvalue weighted by molar-refractivity contribution is 0.0713. The summed E-state index contributed by atoms with van der Waals surface area (Å²) in [4.78, 5) is 13.9. The van der Waals surface area contributed by atoms with Crippen LogP contribution in [-0.4, -0.2) is 16.8 Å². The fraction of sp³-hybridized carbons (Fsp3) is 0.417. The second kappa shape index (κ2) is 3.57. The maximum atomic E-state index is 12.0. The van der Waals surface area contributed by atoms with Crippen molar-refractivity contribution in [1.29, 1.82) is 0 Å². The van der Waals surface area contributed by atoms with Crippen molar-refractivity contribution in [2.75, 3.05) is 5.73 Å². The van der Waals surface area contributed by atoms with Gasteiger partial charge >= 0.3 is 0 Å². The predicted octanol–water partition coefficient (Wildman–Crippen LogP) is 2.02. The van der Waals surface area contributed by atoms with Gasteiger partial charge in [0.05, 0.1) is 0 Å². The molecule has 0 aliphatic carbocycles. The SMILES string of the molecule is CCC(C)N1Cc2c(N)cccc2C1=O. The molecule has 1 atom stereocenters. The molecule has 0 radical (unpaired) electrons. The van der Waals surface area contributed by atoms with Crippen molar-refractivity contribution >= 4 is 11.6 Å². The summed E-state index contributed by atoms with van der Waals surface area (Å²) in [5.41, 5.74) is 8.35. The maximum Gasteiger partial charge on any atom is 0.254 e. The Hall–Kier alpha value is -1.51. The van der Waals surface area contributed by atoms with Gasteiger partial charge in [0.25, 0.3) is 5.91 Å². The molecular weight excluding hydrogens is 188 g/mol. The highest BCUT2D eigenvalue weighted by atomic mass is 16.2. The van der Waals surface area contributed by atoms with Gasteiger partial charge in [-0.15, -0.1) is 0 Å². The highest BCUT2D eigenvalue weighted by molar-refractivity contribution is 6.00. The van der Waals surface area contributed by atoms with E-state index in [1.54, 1.807) is 0 Å². The molecule has 1 aromatic rings. The van der Waals surface area contributed by atoms with Crippen molar-refractivity contribution in [3.63, 3.8) is 0 Å². The number of fused-ring (bicyclic) bond motifs is 1. The molecule has 0 fully saturated rings. The van der Waals surface area contributed by atoms with Crippen molar-refractivity contribution in [3.05, 3.63) is 29.3 Å². The summed E-state index contributed by atoms with van der Waals surface area (Å²) in [5, 5.41) is 0. The molecule has 1 aromatic carbocycles. The van der Waals surface area contributed by atoms with Crippen LogP contribution in [0.1, 0.15) is 36.2 Å². The second-order valence-electron chi connectivity index (χ2n) is 4.06. The van der Waals surface area contributed by atoms with E-state index in [2.05, 4.69) is 13.8 Å². The normalized spacial score (nSPS) is 16.7. The third-order valence-corrected chi connectivity index (χ3v) is 3.15.